The van der Waals surface area contributed by atoms with Crippen molar-refractivity contribution in [2.45, 2.75) is 228 Å². The molecule has 2 aliphatic heterocycles. The predicted octanol–water partition coefficient (Wildman–Crippen LogP) is 2.59. The Morgan fingerprint density at radius 1 is 0.532 bits per heavy atom. The molecule has 26 heteroatoms. The Labute approximate surface area is 562 Å². The molecular formula is C68H122N12O14. The molecule has 2 fully saturated rings. The van der Waals surface area contributed by atoms with Crippen molar-refractivity contribution in [2.24, 2.45) is 41.4 Å². The van der Waals surface area contributed by atoms with E-state index in [1.165, 1.54) is 94.6 Å². The molecule has 0 aromatic heterocycles. The van der Waals surface area contributed by atoms with Crippen molar-refractivity contribution in [1.82, 2.24) is 60.5 Å². The molecule has 2 unspecified atom stereocenters. The number of carbonyl (C=O) groups excluding carboxylic acids is 11. The van der Waals surface area contributed by atoms with Crippen LogP contribution in [0, 0.1) is 41.4 Å². The van der Waals surface area contributed by atoms with Crippen LogP contribution in [0.1, 0.15) is 150 Å². The molecule has 15 atom stereocenters. The summed E-state index contributed by atoms with van der Waals surface area (Å²) in [5.74, 6) is -10.5. The number of hydrogen-bond acceptors (Lipinski definition) is 15. The molecule has 538 valence electrons. The molecular weight excluding hydrogens is 1210 g/mol. The number of carbonyl (C=O) groups is 11. The topological polar surface area (TPSA) is 300 Å². The summed E-state index contributed by atoms with van der Waals surface area (Å²) < 4.78 is 11.3. The quantitative estimate of drug-likeness (QED) is 0.123. The summed E-state index contributed by atoms with van der Waals surface area (Å²) in [7, 11) is 11.5. The molecule has 11 amide bonds. The number of amides is 11. The summed E-state index contributed by atoms with van der Waals surface area (Å²) in [6.07, 6.45) is 2.52. The van der Waals surface area contributed by atoms with Crippen LogP contribution >= 0.6 is 0 Å². The number of nitrogens with one attached hydrogen (secondary N) is 4. The molecule has 0 radical (unpaired) electrons. The lowest BCUT2D eigenvalue weighted by Crippen LogP contribution is -2.64. The van der Waals surface area contributed by atoms with Crippen molar-refractivity contribution in [2.75, 3.05) is 89.3 Å². The predicted molar refractivity (Wildman–Crippen MR) is 361 cm³/mol. The van der Waals surface area contributed by atoms with Crippen LogP contribution in [0.5, 0.6) is 0 Å². The van der Waals surface area contributed by atoms with E-state index in [0.29, 0.717) is 32.7 Å². The largest absolute Gasteiger partial charge is 0.390 e. The summed E-state index contributed by atoms with van der Waals surface area (Å²) in [6, 6.07) is -14.0. The van der Waals surface area contributed by atoms with E-state index in [1.54, 1.807) is 68.6 Å². The smallest absolute Gasteiger partial charge is 0.246 e. The van der Waals surface area contributed by atoms with Gasteiger partial charge in [-0.15, -0.1) is 0 Å². The average molecular weight is 1330 g/mol. The average Bonchev–Trinajstić information content (AvgIpc) is 0.818. The van der Waals surface area contributed by atoms with Crippen molar-refractivity contribution >= 4 is 65.0 Å². The van der Waals surface area contributed by atoms with Gasteiger partial charge in [-0.2, -0.15) is 0 Å². The summed E-state index contributed by atoms with van der Waals surface area (Å²) in [5.41, 5.74) is 0. The zero-order chi connectivity index (χ0) is 72.2. The Bertz CT molecular complexity index is 2580. The van der Waals surface area contributed by atoms with Crippen LogP contribution < -0.4 is 21.3 Å². The highest BCUT2D eigenvalue weighted by molar-refractivity contribution is 6.00. The molecule has 0 aromatic carbocycles. The second-order valence-electron chi connectivity index (χ2n) is 28.5. The van der Waals surface area contributed by atoms with E-state index in [9.17, 15) is 29.1 Å². The molecule has 2 heterocycles. The van der Waals surface area contributed by atoms with Gasteiger partial charge in [0.2, 0.25) is 65.0 Å². The second-order valence-corrected chi connectivity index (χ2v) is 28.5. The van der Waals surface area contributed by atoms with E-state index in [4.69, 9.17) is 9.47 Å². The van der Waals surface area contributed by atoms with Gasteiger partial charge in [-0.1, -0.05) is 102 Å². The molecule has 0 aromatic rings. The minimum Gasteiger partial charge on any atom is -0.390 e. The Kier molecular flexibility index (Phi) is 34.3. The number of aliphatic hydroxyl groups excluding tert-OH is 1. The van der Waals surface area contributed by atoms with Gasteiger partial charge < -0.3 is 70.1 Å². The highest BCUT2D eigenvalue weighted by atomic mass is 16.5. The number of allylic oxidation sites excluding steroid dienone is 2. The van der Waals surface area contributed by atoms with E-state index in [1.807, 2.05) is 47.6 Å². The molecule has 0 saturated carbocycles. The number of aliphatic hydroxyl groups is 1. The van der Waals surface area contributed by atoms with E-state index in [2.05, 4.69) is 26.2 Å². The maximum absolute atomic E-state index is 15.3. The van der Waals surface area contributed by atoms with Crippen LogP contribution in [-0.2, 0) is 62.2 Å². The first-order valence-corrected chi connectivity index (χ1v) is 33.9. The van der Waals surface area contributed by atoms with Crippen LogP contribution in [0.4, 0.5) is 0 Å². The molecule has 5 N–H and O–H groups in total. The van der Waals surface area contributed by atoms with Gasteiger partial charge in [0.05, 0.1) is 25.4 Å². The number of ether oxygens (including phenoxy) is 2. The Morgan fingerprint density at radius 2 is 1.01 bits per heavy atom. The van der Waals surface area contributed by atoms with Gasteiger partial charge in [0.1, 0.15) is 66.5 Å². The Morgan fingerprint density at radius 3 is 1.51 bits per heavy atom. The molecule has 26 nitrogen and oxygen atoms in total. The van der Waals surface area contributed by atoms with Crippen molar-refractivity contribution in [1.29, 1.82) is 0 Å². The highest BCUT2D eigenvalue weighted by Gasteiger charge is 2.47. The van der Waals surface area contributed by atoms with Gasteiger partial charge in [0, 0.05) is 76.1 Å². The molecule has 0 bridgehead atoms. The summed E-state index contributed by atoms with van der Waals surface area (Å²) in [4.78, 5) is 174. The lowest BCUT2D eigenvalue weighted by Gasteiger charge is -2.41. The van der Waals surface area contributed by atoms with Crippen LogP contribution in [0.15, 0.2) is 12.2 Å². The summed E-state index contributed by atoms with van der Waals surface area (Å²) in [5, 5.41) is 23.4. The van der Waals surface area contributed by atoms with E-state index >= 15 is 28.8 Å². The van der Waals surface area contributed by atoms with Crippen molar-refractivity contribution in [3.05, 3.63) is 12.2 Å². The maximum atomic E-state index is 15.3. The summed E-state index contributed by atoms with van der Waals surface area (Å²) >= 11 is 0. The third-order valence-electron chi connectivity index (χ3n) is 18.4. The lowest BCUT2D eigenvalue weighted by atomic mass is 9.91. The van der Waals surface area contributed by atoms with Gasteiger partial charge in [0.25, 0.3) is 0 Å². The Hall–Kier alpha value is -6.25. The SMILES string of the molecule is C/C=C/C[C@@H](C)[C@@H](O)[C@H]1C(=O)N[C@@H](CC)C(=O)N(C)[C@H](C)C(=O)N(C)C([C@@H](C)CN2CCOC(COC)C2)C(=O)N[C@@H](C(C)C)C(=O)N(C)[C@@H](CC(C)C)C(=O)N[C@@H](C)C(=O)N[C@H](C)C(=O)N(C)[C@@H](CC(C)C)C(=O)N(C)[C@@H](CC(C)C)C(=O)N(C)[C@@H](C(C)C)C(=O)N1C. The standard InChI is InChI=1S/C68H122N12O14/c1-26-28-29-43(13)57(81)56-61(85)71-49(27-2)64(88)73(18)47(17)63(87)78(23)55(44(14)35-80-30-31-94-48(36-80)37-93-25)60(84)72-53(41(9)10)67(91)74(19)50(32-38(3)4)59(83)69-45(15)58(82)70-46(16)62(86)75(20)51(33-39(5)6)65(89)76(21)52(34-40(7)8)66(90)77(22)54(42(11)12)68(92)79(56)24/h26,28,38-57,81H,27,29-37H2,1-25H3,(H,69,83)(H,70,82)(H,71,85)(H,72,84)/b28-26+/t43-,44+,45+,46-,47-,48?,49+,50+,51+,52+,53+,54+,55?,56+,57-/m1/s1. The fraction of sp³-hybridized carbons (Fsp3) is 0.809. The van der Waals surface area contributed by atoms with Crippen LogP contribution in [0.2, 0.25) is 0 Å². The fourth-order valence-corrected chi connectivity index (χ4v) is 12.5. The van der Waals surface area contributed by atoms with Crippen molar-refractivity contribution in [3.63, 3.8) is 0 Å². The number of hydrogen-bond donors (Lipinski definition) is 5. The zero-order valence-corrected chi connectivity index (χ0v) is 61.6. The summed E-state index contributed by atoms with van der Waals surface area (Å²) in [6.45, 7) is 31.4. The third-order valence-corrected chi connectivity index (χ3v) is 18.4. The molecule has 0 spiro atoms. The monoisotopic (exact) mass is 1330 g/mol. The van der Waals surface area contributed by atoms with Crippen LogP contribution in [-0.4, -0.2) is 277 Å². The number of nitrogens with zero attached hydrogens (tertiary/aromatic N) is 8. The van der Waals surface area contributed by atoms with Gasteiger partial charge in [-0.3, -0.25) is 57.6 Å². The van der Waals surface area contributed by atoms with Crippen LogP contribution in [0.3, 0.4) is 0 Å². The molecule has 2 saturated heterocycles. The second kappa shape index (κ2) is 38.5. The Balaban J connectivity index is 3.06. The fourth-order valence-electron chi connectivity index (χ4n) is 12.5. The first-order chi connectivity index (χ1) is 43.6. The van der Waals surface area contributed by atoms with Crippen LogP contribution in [0.25, 0.3) is 0 Å². The number of likely N-dealkylation sites (N-methyl/N-ethyl adjacent to an activating group) is 7. The van der Waals surface area contributed by atoms with Gasteiger partial charge >= 0.3 is 0 Å². The van der Waals surface area contributed by atoms with Gasteiger partial charge in [-0.05, 0) is 101 Å². The highest BCUT2D eigenvalue weighted by Crippen LogP contribution is 2.26. The van der Waals surface area contributed by atoms with E-state index in [0.717, 1.165) is 9.80 Å². The van der Waals surface area contributed by atoms with Crippen molar-refractivity contribution < 1.29 is 67.3 Å². The maximum Gasteiger partial charge on any atom is 0.246 e. The normalized spacial score (nSPS) is 28.5. The van der Waals surface area contributed by atoms with Crippen molar-refractivity contribution in [3.8, 4) is 0 Å². The van der Waals surface area contributed by atoms with E-state index in [-0.39, 0.29) is 56.1 Å². The first kappa shape index (κ1) is 83.8. The molecule has 94 heavy (non-hydrogen) atoms. The molecule has 2 rings (SSSR count). The lowest BCUT2D eigenvalue weighted by molar-refractivity contribution is -0.157. The number of rotatable bonds is 18. The zero-order valence-electron chi connectivity index (χ0n) is 61.6. The molecule has 2 aliphatic rings. The molecule has 0 aliphatic carbocycles. The number of morpholine rings is 1. The minimum atomic E-state index is -1.64. The number of methoxy groups -OCH3 is 1. The van der Waals surface area contributed by atoms with Gasteiger partial charge in [0.15, 0.2) is 0 Å². The first-order valence-electron chi connectivity index (χ1n) is 33.9. The van der Waals surface area contributed by atoms with Gasteiger partial charge in [-0.25, -0.2) is 0 Å². The van der Waals surface area contributed by atoms with E-state index < -0.39 is 161 Å². The minimum absolute atomic E-state index is 0.00489. The third kappa shape index (κ3) is 22.7.